The van der Waals surface area contributed by atoms with Crippen molar-refractivity contribution in [1.29, 1.82) is 0 Å². The predicted octanol–water partition coefficient (Wildman–Crippen LogP) is 1.65. The number of fused-ring (bicyclic) bond motifs is 1. The lowest BCUT2D eigenvalue weighted by molar-refractivity contribution is 0.458. The first-order chi connectivity index (χ1) is 10.5. The highest BCUT2D eigenvalue weighted by Crippen LogP contribution is 2.29. The molecule has 0 fully saturated rings. The molecule has 0 aromatic heterocycles. The standard InChI is InChI=1S/C15H24N4O2S.HI/c1-3-18(4-2)15(16)17-10-12-22(20,21)19-11-9-13-7-5-6-8-14(13)19;/h5-8H,3-4,9-12H2,1-2H3,(H2,16,17);1H. The van der Waals surface area contributed by atoms with E-state index in [1.807, 2.05) is 43.0 Å². The number of benzene rings is 1. The van der Waals surface area contributed by atoms with Crippen molar-refractivity contribution in [2.45, 2.75) is 20.3 Å². The number of rotatable bonds is 6. The van der Waals surface area contributed by atoms with Crippen LogP contribution in [-0.4, -0.2) is 51.2 Å². The van der Waals surface area contributed by atoms with Crippen molar-refractivity contribution >= 4 is 45.6 Å². The van der Waals surface area contributed by atoms with Gasteiger partial charge >= 0.3 is 0 Å². The third kappa shape index (κ3) is 4.72. The maximum Gasteiger partial charge on any atom is 0.237 e. The van der Waals surface area contributed by atoms with Crippen LogP contribution in [0.3, 0.4) is 0 Å². The fourth-order valence-electron chi connectivity index (χ4n) is 2.63. The monoisotopic (exact) mass is 452 g/mol. The first kappa shape index (κ1) is 20.0. The summed E-state index contributed by atoms with van der Waals surface area (Å²) in [6.07, 6.45) is 0.764. The molecule has 6 nitrogen and oxygen atoms in total. The van der Waals surface area contributed by atoms with Crippen molar-refractivity contribution in [3.05, 3.63) is 29.8 Å². The third-order valence-electron chi connectivity index (χ3n) is 3.89. The molecule has 1 aliphatic rings. The van der Waals surface area contributed by atoms with Gasteiger partial charge in [0.05, 0.1) is 18.0 Å². The average molecular weight is 452 g/mol. The number of anilines is 1. The van der Waals surface area contributed by atoms with Gasteiger partial charge in [0.15, 0.2) is 5.96 Å². The smallest absolute Gasteiger partial charge is 0.237 e. The Balaban J connectivity index is 0.00000264. The maximum atomic E-state index is 12.5. The number of hydrogen-bond donors (Lipinski definition) is 1. The number of halogens is 1. The number of guanidine groups is 1. The quantitative estimate of drug-likeness (QED) is 0.405. The molecule has 0 saturated heterocycles. The zero-order valence-electron chi connectivity index (χ0n) is 13.6. The van der Waals surface area contributed by atoms with Crippen molar-refractivity contribution < 1.29 is 8.42 Å². The molecule has 0 bridgehead atoms. The highest BCUT2D eigenvalue weighted by molar-refractivity contribution is 14.0. The molecule has 2 rings (SSSR count). The molecule has 8 heteroatoms. The van der Waals surface area contributed by atoms with E-state index in [0.29, 0.717) is 12.5 Å². The molecule has 0 radical (unpaired) electrons. The number of aliphatic imine (C=N–C) groups is 1. The number of sulfonamides is 1. The lowest BCUT2D eigenvalue weighted by atomic mass is 10.2. The van der Waals surface area contributed by atoms with Gasteiger partial charge in [-0.2, -0.15) is 0 Å². The second-order valence-electron chi connectivity index (χ2n) is 5.18. The summed E-state index contributed by atoms with van der Waals surface area (Å²) in [7, 11) is -3.36. The van der Waals surface area contributed by atoms with Gasteiger partial charge in [-0.1, -0.05) is 18.2 Å². The van der Waals surface area contributed by atoms with Crippen LogP contribution in [0.2, 0.25) is 0 Å². The van der Waals surface area contributed by atoms with Gasteiger partial charge in [0.1, 0.15) is 0 Å². The molecule has 23 heavy (non-hydrogen) atoms. The zero-order valence-corrected chi connectivity index (χ0v) is 16.8. The van der Waals surface area contributed by atoms with Crippen LogP contribution in [-0.2, 0) is 16.4 Å². The molecule has 0 unspecified atom stereocenters. The SMILES string of the molecule is CCN(CC)C(N)=NCCS(=O)(=O)N1CCc2ccccc21.I. The van der Waals surface area contributed by atoms with Gasteiger partial charge in [0, 0.05) is 19.6 Å². The molecule has 0 saturated carbocycles. The number of nitrogens with two attached hydrogens (primary N) is 1. The van der Waals surface area contributed by atoms with E-state index in [1.165, 1.54) is 4.31 Å². The van der Waals surface area contributed by atoms with Crippen LogP contribution >= 0.6 is 24.0 Å². The van der Waals surface area contributed by atoms with Gasteiger partial charge in [0.2, 0.25) is 10.0 Å². The van der Waals surface area contributed by atoms with Crippen LogP contribution in [0, 0.1) is 0 Å². The Morgan fingerprint density at radius 2 is 1.96 bits per heavy atom. The fourth-order valence-corrected chi connectivity index (χ4v) is 4.02. The summed E-state index contributed by atoms with van der Waals surface area (Å²) in [5.74, 6) is 0.380. The molecule has 1 aromatic carbocycles. The first-order valence-electron chi connectivity index (χ1n) is 7.62. The molecule has 1 heterocycles. The van der Waals surface area contributed by atoms with E-state index in [4.69, 9.17) is 5.73 Å². The minimum atomic E-state index is -3.36. The topological polar surface area (TPSA) is 79.0 Å². The van der Waals surface area contributed by atoms with E-state index in [-0.39, 0.29) is 36.3 Å². The molecule has 0 aliphatic carbocycles. The molecular weight excluding hydrogens is 427 g/mol. The van der Waals surface area contributed by atoms with E-state index in [1.54, 1.807) is 0 Å². The minimum Gasteiger partial charge on any atom is -0.370 e. The minimum absolute atomic E-state index is 0. The average Bonchev–Trinajstić information content (AvgIpc) is 2.93. The van der Waals surface area contributed by atoms with Crippen LogP contribution in [0.15, 0.2) is 29.3 Å². The summed E-state index contributed by atoms with van der Waals surface area (Å²) in [5.41, 5.74) is 7.74. The van der Waals surface area contributed by atoms with E-state index in [0.717, 1.165) is 30.8 Å². The van der Waals surface area contributed by atoms with Crippen molar-refractivity contribution in [3.8, 4) is 0 Å². The van der Waals surface area contributed by atoms with Crippen LogP contribution in [0.4, 0.5) is 5.69 Å². The van der Waals surface area contributed by atoms with Gasteiger partial charge in [-0.25, -0.2) is 8.42 Å². The summed E-state index contributed by atoms with van der Waals surface area (Å²) in [6, 6.07) is 7.63. The molecule has 1 aliphatic heterocycles. The normalized spacial score (nSPS) is 14.3. The van der Waals surface area contributed by atoms with E-state index in [2.05, 4.69) is 4.99 Å². The van der Waals surface area contributed by atoms with E-state index >= 15 is 0 Å². The van der Waals surface area contributed by atoms with Gasteiger partial charge in [-0.15, -0.1) is 24.0 Å². The fraction of sp³-hybridized carbons (Fsp3) is 0.533. The van der Waals surface area contributed by atoms with E-state index in [9.17, 15) is 8.42 Å². The van der Waals surface area contributed by atoms with E-state index < -0.39 is 10.0 Å². The summed E-state index contributed by atoms with van der Waals surface area (Å²) in [5, 5.41) is 0. The summed E-state index contributed by atoms with van der Waals surface area (Å²) < 4.78 is 26.5. The highest BCUT2D eigenvalue weighted by atomic mass is 127. The number of para-hydroxylation sites is 1. The summed E-state index contributed by atoms with van der Waals surface area (Å²) >= 11 is 0. The highest BCUT2D eigenvalue weighted by Gasteiger charge is 2.28. The second-order valence-corrected chi connectivity index (χ2v) is 7.19. The van der Waals surface area contributed by atoms with Crippen LogP contribution in [0.25, 0.3) is 0 Å². The van der Waals surface area contributed by atoms with Crippen molar-refractivity contribution in [2.75, 3.05) is 36.2 Å². The maximum absolute atomic E-state index is 12.5. The molecule has 0 amide bonds. The van der Waals surface area contributed by atoms with Gasteiger partial charge in [-0.3, -0.25) is 9.30 Å². The largest absolute Gasteiger partial charge is 0.370 e. The van der Waals surface area contributed by atoms with Crippen molar-refractivity contribution in [3.63, 3.8) is 0 Å². The number of nitrogens with zero attached hydrogens (tertiary/aromatic N) is 3. The Labute approximate surface area is 155 Å². The Bertz CT molecular complexity index is 645. The Hall–Kier alpha value is -1.03. The van der Waals surface area contributed by atoms with Crippen LogP contribution in [0.5, 0.6) is 0 Å². The first-order valence-corrected chi connectivity index (χ1v) is 9.23. The predicted molar refractivity (Wildman–Crippen MR) is 106 cm³/mol. The van der Waals surface area contributed by atoms with Gasteiger partial charge in [0.25, 0.3) is 0 Å². The second kappa shape index (κ2) is 8.72. The lowest BCUT2D eigenvalue weighted by Crippen LogP contribution is -2.38. The summed E-state index contributed by atoms with van der Waals surface area (Å²) in [6.45, 7) is 6.20. The Morgan fingerprint density at radius 1 is 1.30 bits per heavy atom. The third-order valence-corrected chi connectivity index (χ3v) is 5.64. The molecule has 2 N–H and O–H groups in total. The molecule has 130 valence electrons. The van der Waals surface area contributed by atoms with Gasteiger partial charge in [-0.05, 0) is 31.9 Å². The molecular formula is C15H25IN4O2S. The lowest BCUT2D eigenvalue weighted by Gasteiger charge is -2.20. The Kier molecular flexibility index (Phi) is 7.59. The molecule has 0 spiro atoms. The van der Waals surface area contributed by atoms with Crippen molar-refractivity contribution in [2.24, 2.45) is 10.7 Å². The molecule has 1 aromatic rings. The van der Waals surface area contributed by atoms with Gasteiger partial charge < -0.3 is 10.6 Å². The van der Waals surface area contributed by atoms with Crippen molar-refractivity contribution in [1.82, 2.24) is 4.90 Å². The number of hydrogen-bond acceptors (Lipinski definition) is 3. The zero-order chi connectivity index (χ0) is 16.2. The van der Waals surface area contributed by atoms with Crippen LogP contribution in [0.1, 0.15) is 19.4 Å². The Morgan fingerprint density at radius 3 is 2.61 bits per heavy atom. The molecule has 0 atom stereocenters. The van der Waals surface area contributed by atoms with Crippen LogP contribution < -0.4 is 10.0 Å². The summed E-state index contributed by atoms with van der Waals surface area (Å²) in [4.78, 5) is 6.09.